The molecule has 2 aromatic rings. The molecule has 0 N–H and O–H groups in total. The zero-order valence-electron chi connectivity index (χ0n) is 16.0. The van der Waals surface area contributed by atoms with Crippen molar-refractivity contribution in [3.05, 3.63) is 30.1 Å². The fourth-order valence-corrected chi connectivity index (χ4v) is 4.27. The van der Waals surface area contributed by atoms with Crippen molar-refractivity contribution in [2.24, 2.45) is 0 Å². The van der Waals surface area contributed by atoms with E-state index in [1.54, 1.807) is 6.33 Å². The maximum atomic E-state index is 12.5. The Kier molecular flexibility index (Phi) is 6.01. The highest BCUT2D eigenvalue weighted by Crippen LogP contribution is 2.31. The van der Waals surface area contributed by atoms with Crippen molar-refractivity contribution in [1.82, 2.24) is 24.6 Å². The van der Waals surface area contributed by atoms with Crippen LogP contribution in [0, 0.1) is 0 Å². The van der Waals surface area contributed by atoms with E-state index in [1.165, 1.54) is 17.3 Å². The van der Waals surface area contributed by atoms with Crippen LogP contribution in [0.5, 0.6) is 11.5 Å². The number of rotatable bonds is 6. The van der Waals surface area contributed by atoms with Gasteiger partial charge >= 0.3 is 0 Å². The van der Waals surface area contributed by atoms with E-state index in [-0.39, 0.29) is 5.91 Å². The van der Waals surface area contributed by atoms with Crippen molar-refractivity contribution in [1.29, 1.82) is 0 Å². The fourth-order valence-electron chi connectivity index (χ4n) is 3.39. The Morgan fingerprint density at radius 2 is 1.93 bits per heavy atom. The molecule has 150 valence electrons. The van der Waals surface area contributed by atoms with Crippen molar-refractivity contribution < 1.29 is 14.3 Å². The number of fused-ring (bicyclic) bond motifs is 1. The Balaban J connectivity index is 1.24. The number of nitrogens with zero attached hydrogens (tertiary/aromatic N) is 5. The van der Waals surface area contributed by atoms with Gasteiger partial charge < -0.3 is 18.9 Å². The van der Waals surface area contributed by atoms with Gasteiger partial charge in [0.2, 0.25) is 5.91 Å². The molecular formula is C19H25N5O3S. The second kappa shape index (κ2) is 8.83. The Hall–Kier alpha value is -2.26. The molecule has 1 fully saturated rings. The number of aryl methyl sites for hydroxylation is 1. The minimum Gasteiger partial charge on any atom is -0.486 e. The van der Waals surface area contributed by atoms with Crippen LogP contribution in [0.1, 0.15) is 12.5 Å². The molecular weight excluding hydrogens is 378 g/mol. The molecule has 1 aromatic heterocycles. The van der Waals surface area contributed by atoms with Crippen LogP contribution in [0.3, 0.4) is 0 Å². The highest BCUT2D eigenvalue weighted by molar-refractivity contribution is 7.99. The Bertz CT molecular complexity index is 820. The summed E-state index contributed by atoms with van der Waals surface area (Å²) in [6, 6.07) is 6.13. The van der Waals surface area contributed by atoms with Crippen LogP contribution in [0.15, 0.2) is 29.7 Å². The zero-order chi connectivity index (χ0) is 19.3. The molecule has 4 rings (SSSR count). The van der Waals surface area contributed by atoms with Crippen LogP contribution in [0.25, 0.3) is 0 Å². The predicted molar refractivity (Wildman–Crippen MR) is 106 cm³/mol. The third kappa shape index (κ3) is 4.41. The number of carbonyl (C=O) groups is 1. The lowest BCUT2D eigenvalue weighted by atomic mass is 10.1. The zero-order valence-corrected chi connectivity index (χ0v) is 16.9. The Morgan fingerprint density at radius 3 is 2.71 bits per heavy atom. The van der Waals surface area contributed by atoms with Gasteiger partial charge in [-0.25, -0.2) is 0 Å². The lowest BCUT2D eigenvalue weighted by molar-refractivity contribution is -0.130. The monoisotopic (exact) mass is 403 g/mol. The lowest BCUT2D eigenvalue weighted by Gasteiger charge is -2.34. The van der Waals surface area contributed by atoms with Gasteiger partial charge in [-0.05, 0) is 24.6 Å². The van der Waals surface area contributed by atoms with Crippen molar-refractivity contribution in [2.45, 2.75) is 25.2 Å². The SMILES string of the molecule is CCn1cnnc1SCC(=O)N1CCN(Cc2ccc3c(c2)OCCO3)CC1. The van der Waals surface area contributed by atoms with Gasteiger partial charge in [0.25, 0.3) is 0 Å². The summed E-state index contributed by atoms with van der Waals surface area (Å²) in [6.45, 7) is 8.16. The van der Waals surface area contributed by atoms with Crippen LogP contribution >= 0.6 is 11.8 Å². The summed E-state index contributed by atoms with van der Waals surface area (Å²) >= 11 is 1.46. The van der Waals surface area contributed by atoms with E-state index >= 15 is 0 Å². The van der Waals surface area contributed by atoms with Crippen LogP contribution in [-0.4, -0.2) is 75.6 Å². The molecule has 8 nitrogen and oxygen atoms in total. The summed E-state index contributed by atoms with van der Waals surface area (Å²) in [5.74, 6) is 2.21. The topological polar surface area (TPSA) is 72.7 Å². The first-order valence-electron chi connectivity index (χ1n) is 9.62. The minimum absolute atomic E-state index is 0.162. The molecule has 1 aromatic carbocycles. The van der Waals surface area contributed by atoms with E-state index in [0.717, 1.165) is 55.9 Å². The predicted octanol–water partition coefficient (Wildman–Crippen LogP) is 1.51. The molecule has 2 aliphatic rings. The molecule has 1 amide bonds. The molecule has 0 spiro atoms. The Morgan fingerprint density at radius 1 is 1.14 bits per heavy atom. The number of aromatic nitrogens is 3. The first-order chi connectivity index (χ1) is 13.7. The van der Waals surface area contributed by atoms with Gasteiger partial charge in [0.05, 0.1) is 5.75 Å². The van der Waals surface area contributed by atoms with E-state index in [9.17, 15) is 4.79 Å². The lowest BCUT2D eigenvalue weighted by Crippen LogP contribution is -2.48. The largest absolute Gasteiger partial charge is 0.486 e. The maximum absolute atomic E-state index is 12.5. The second-order valence-electron chi connectivity index (χ2n) is 6.82. The van der Waals surface area contributed by atoms with Crippen LogP contribution in [0.2, 0.25) is 0 Å². The summed E-state index contributed by atoms with van der Waals surface area (Å²) in [7, 11) is 0. The van der Waals surface area contributed by atoms with Crippen LogP contribution in [0.4, 0.5) is 0 Å². The van der Waals surface area contributed by atoms with Gasteiger partial charge in [-0.1, -0.05) is 17.8 Å². The maximum Gasteiger partial charge on any atom is 0.233 e. The van der Waals surface area contributed by atoms with E-state index in [1.807, 2.05) is 22.5 Å². The highest BCUT2D eigenvalue weighted by Gasteiger charge is 2.22. The van der Waals surface area contributed by atoms with Gasteiger partial charge in [0.15, 0.2) is 16.7 Å². The summed E-state index contributed by atoms with van der Waals surface area (Å²) < 4.78 is 13.2. The molecule has 0 aliphatic carbocycles. The van der Waals surface area contributed by atoms with Crippen molar-refractivity contribution in [3.63, 3.8) is 0 Å². The van der Waals surface area contributed by atoms with Crippen LogP contribution < -0.4 is 9.47 Å². The first-order valence-corrected chi connectivity index (χ1v) is 10.6. The molecule has 0 atom stereocenters. The van der Waals surface area contributed by atoms with Crippen molar-refractivity contribution in [2.75, 3.05) is 45.1 Å². The number of hydrogen-bond donors (Lipinski definition) is 0. The molecule has 0 saturated carbocycles. The van der Waals surface area contributed by atoms with Gasteiger partial charge in [-0.2, -0.15) is 0 Å². The van der Waals surface area contributed by atoms with Gasteiger partial charge in [0, 0.05) is 39.3 Å². The molecule has 2 aliphatic heterocycles. The van der Waals surface area contributed by atoms with Crippen molar-refractivity contribution in [3.8, 4) is 11.5 Å². The average Bonchev–Trinajstić information content (AvgIpc) is 3.20. The smallest absolute Gasteiger partial charge is 0.233 e. The second-order valence-corrected chi connectivity index (χ2v) is 7.77. The van der Waals surface area contributed by atoms with Crippen LogP contribution in [-0.2, 0) is 17.9 Å². The molecule has 1 saturated heterocycles. The van der Waals surface area contributed by atoms with Gasteiger partial charge in [-0.15, -0.1) is 10.2 Å². The molecule has 3 heterocycles. The average molecular weight is 404 g/mol. The first kappa shape index (κ1) is 19.1. The number of benzene rings is 1. The quantitative estimate of drug-likeness (QED) is 0.677. The number of amides is 1. The summed E-state index contributed by atoms with van der Waals surface area (Å²) in [5.41, 5.74) is 1.21. The number of ether oxygens (including phenoxy) is 2. The third-order valence-corrected chi connectivity index (χ3v) is 5.95. The molecule has 28 heavy (non-hydrogen) atoms. The van der Waals surface area contributed by atoms with Crippen molar-refractivity contribution >= 4 is 17.7 Å². The number of thioether (sulfide) groups is 1. The molecule has 0 bridgehead atoms. The molecule has 0 unspecified atom stereocenters. The van der Waals surface area contributed by atoms with E-state index in [4.69, 9.17) is 9.47 Å². The number of piperazine rings is 1. The van der Waals surface area contributed by atoms with E-state index in [0.29, 0.717) is 19.0 Å². The summed E-state index contributed by atoms with van der Waals surface area (Å²) in [6.07, 6.45) is 1.70. The van der Waals surface area contributed by atoms with Gasteiger partial charge in [-0.3, -0.25) is 9.69 Å². The van der Waals surface area contributed by atoms with E-state index in [2.05, 4.69) is 27.2 Å². The minimum atomic E-state index is 0.162. The normalized spacial score (nSPS) is 17.0. The molecule has 9 heteroatoms. The third-order valence-electron chi connectivity index (χ3n) is 4.98. The Labute approximate surface area is 168 Å². The fraction of sp³-hybridized carbons (Fsp3) is 0.526. The standard InChI is InChI=1S/C19H25N5O3S/c1-2-23-14-20-21-19(23)28-13-18(25)24-7-5-22(6-8-24)12-15-3-4-16-17(11-15)27-10-9-26-16/h3-4,11,14H,2,5-10,12-13H2,1H3. The number of hydrogen-bond acceptors (Lipinski definition) is 7. The van der Waals surface area contributed by atoms with Gasteiger partial charge in [0.1, 0.15) is 19.5 Å². The highest BCUT2D eigenvalue weighted by atomic mass is 32.2. The molecule has 0 radical (unpaired) electrons. The summed E-state index contributed by atoms with van der Waals surface area (Å²) in [5, 5.41) is 8.77. The summed E-state index contributed by atoms with van der Waals surface area (Å²) in [4.78, 5) is 16.8. The number of carbonyl (C=O) groups excluding carboxylic acids is 1. The van der Waals surface area contributed by atoms with E-state index < -0.39 is 0 Å².